The predicted octanol–water partition coefficient (Wildman–Crippen LogP) is 4.74. The fourth-order valence-electron chi connectivity index (χ4n) is 4.05. The maximum Gasteiger partial charge on any atom is 0.222 e. The van der Waals surface area contributed by atoms with Crippen LogP contribution >= 0.6 is 11.3 Å². The summed E-state index contributed by atoms with van der Waals surface area (Å²) in [4.78, 5) is 13.9. The topological polar surface area (TPSA) is 46.9 Å². The average molecular weight is 394 g/mol. The molecule has 1 atom stereocenters. The predicted molar refractivity (Wildman–Crippen MR) is 114 cm³/mol. The van der Waals surface area contributed by atoms with Crippen LogP contribution in [0.25, 0.3) is 0 Å². The minimum atomic E-state index is -0.0832. The number of hydrogen-bond acceptors (Lipinski definition) is 3. The molecule has 28 heavy (non-hydrogen) atoms. The molecule has 0 bridgehead atoms. The van der Waals surface area contributed by atoms with Crippen molar-refractivity contribution in [3.63, 3.8) is 0 Å². The van der Waals surface area contributed by atoms with Crippen LogP contribution < -0.4 is 5.32 Å². The van der Waals surface area contributed by atoms with E-state index in [1.165, 1.54) is 40.8 Å². The summed E-state index contributed by atoms with van der Waals surface area (Å²) in [5.41, 5.74) is 6.18. The fourth-order valence-corrected chi connectivity index (χ4v) is 4.85. The number of aromatic nitrogens is 2. The summed E-state index contributed by atoms with van der Waals surface area (Å²) in [5, 5.41) is 9.80. The molecular formula is C23H27N3OS. The van der Waals surface area contributed by atoms with Gasteiger partial charge in [0.25, 0.3) is 0 Å². The molecular weight excluding hydrogens is 366 g/mol. The smallest absolute Gasteiger partial charge is 0.222 e. The Kier molecular flexibility index (Phi) is 5.62. The van der Waals surface area contributed by atoms with Gasteiger partial charge in [0.2, 0.25) is 5.91 Å². The first-order chi connectivity index (χ1) is 13.6. The lowest BCUT2D eigenvalue weighted by Gasteiger charge is -2.22. The largest absolute Gasteiger partial charge is 0.344 e. The molecule has 1 aliphatic rings. The highest BCUT2D eigenvalue weighted by Gasteiger charge is 2.20. The molecule has 4 nitrogen and oxygen atoms in total. The normalized spacial score (nSPS) is 14.5. The number of aryl methyl sites for hydroxylation is 5. The molecule has 4 rings (SSSR count). The molecule has 5 heteroatoms. The lowest BCUT2D eigenvalue weighted by molar-refractivity contribution is -0.121. The van der Waals surface area contributed by atoms with E-state index in [1.54, 1.807) is 11.3 Å². The number of rotatable bonds is 6. The lowest BCUT2D eigenvalue weighted by atomic mass is 9.89. The van der Waals surface area contributed by atoms with Crippen molar-refractivity contribution in [3.05, 3.63) is 74.7 Å². The summed E-state index contributed by atoms with van der Waals surface area (Å²) in [6.07, 6.45) is 5.29. The van der Waals surface area contributed by atoms with Crippen LogP contribution in [0.3, 0.4) is 0 Å². The highest BCUT2D eigenvalue weighted by molar-refractivity contribution is 7.10. The van der Waals surface area contributed by atoms with Crippen LogP contribution in [0, 0.1) is 13.8 Å². The molecule has 1 aromatic carbocycles. The molecule has 2 aromatic heterocycles. The summed E-state index contributed by atoms with van der Waals surface area (Å²) in [6.45, 7) is 4.61. The molecule has 146 valence electrons. The first kappa shape index (κ1) is 18.9. The van der Waals surface area contributed by atoms with Gasteiger partial charge in [-0.1, -0.05) is 24.3 Å². The maximum absolute atomic E-state index is 12.8. The number of carbonyl (C=O) groups is 1. The Labute approximate surface area is 170 Å². The Morgan fingerprint density at radius 1 is 1.18 bits per heavy atom. The molecule has 0 spiro atoms. The molecule has 1 N–H and O–H groups in total. The molecule has 0 fully saturated rings. The molecule has 3 aromatic rings. The minimum absolute atomic E-state index is 0.0590. The second kappa shape index (κ2) is 8.31. The van der Waals surface area contributed by atoms with E-state index in [-0.39, 0.29) is 11.9 Å². The Morgan fingerprint density at radius 2 is 2.00 bits per heavy atom. The molecule has 2 heterocycles. The molecule has 1 unspecified atom stereocenters. The van der Waals surface area contributed by atoms with Gasteiger partial charge in [-0.2, -0.15) is 5.10 Å². The highest BCUT2D eigenvalue weighted by Crippen LogP contribution is 2.30. The maximum atomic E-state index is 12.8. The van der Waals surface area contributed by atoms with Gasteiger partial charge in [-0.25, -0.2) is 0 Å². The molecule has 0 aliphatic heterocycles. The van der Waals surface area contributed by atoms with Crippen LogP contribution in [0.4, 0.5) is 0 Å². The Hall–Kier alpha value is -2.40. The van der Waals surface area contributed by atoms with Crippen molar-refractivity contribution >= 4 is 17.2 Å². The minimum Gasteiger partial charge on any atom is -0.344 e. The third-order valence-electron chi connectivity index (χ3n) is 5.49. The number of carbonyl (C=O) groups excluding carboxylic acids is 1. The summed E-state index contributed by atoms with van der Waals surface area (Å²) in [5.74, 6) is 0.0590. The van der Waals surface area contributed by atoms with Gasteiger partial charge < -0.3 is 5.32 Å². The third kappa shape index (κ3) is 4.20. The van der Waals surface area contributed by atoms with Crippen molar-refractivity contribution in [3.8, 4) is 0 Å². The van der Waals surface area contributed by atoms with E-state index in [1.807, 2.05) is 30.7 Å². The zero-order chi connectivity index (χ0) is 19.5. The fraction of sp³-hybridized carbons (Fsp3) is 0.391. The summed E-state index contributed by atoms with van der Waals surface area (Å²) < 4.78 is 1.91. The van der Waals surface area contributed by atoms with Gasteiger partial charge in [0.1, 0.15) is 0 Å². The van der Waals surface area contributed by atoms with Crippen molar-refractivity contribution in [1.82, 2.24) is 15.1 Å². The van der Waals surface area contributed by atoms with Crippen LogP contribution in [0.2, 0.25) is 0 Å². The first-order valence-electron chi connectivity index (χ1n) is 10.1. The summed E-state index contributed by atoms with van der Waals surface area (Å²) in [6, 6.07) is 12.9. The number of nitrogens with zero attached hydrogens (tertiary/aromatic N) is 2. The van der Waals surface area contributed by atoms with E-state index in [0.29, 0.717) is 13.0 Å². The molecule has 0 radical (unpaired) electrons. The van der Waals surface area contributed by atoms with E-state index in [4.69, 9.17) is 0 Å². The van der Waals surface area contributed by atoms with Gasteiger partial charge in [0, 0.05) is 23.5 Å². The second-order valence-corrected chi connectivity index (χ2v) is 8.63. The van der Waals surface area contributed by atoms with Gasteiger partial charge in [-0.3, -0.25) is 9.48 Å². The van der Waals surface area contributed by atoms with Gasteiger partial charge in [-0.15, -0.1) is 11.3 Å². The number of amides is 1. The van der Waals surface area contributed by atoms with Gasteiger partial charge in [0.05, 0.1) is 11.7 Å². The molecule has 1 amide bonds. The van der Waals surface area contributed by atoms with Crippen molar-refractivity contribution in [2.45, 2.75) is 58.5 Å². The molecule has 1 aliphatic carbocycles. The number of nitrogens with one attached hydrogen (secondary N) is 1. The number of benzene rings is 1. The van der Waals surface area contributed by atoms with E-state index in [2.05, 4.69) is 40.1 Å². The van der Waals surface area contributed by atoms with Crippen LogP contribution in [0.1, 0.15) is 58.3 Å². The zero-order valence-corrected chi connectivity index (χ0v) is 17.4. The van der Waals surface area contributed by atoms with Crippen LogP contribution in [-0.2, 0) is 24.2 Å². The SMILES string of the molecule is Cc1cc(C)n(CCC(=O)NC(c2ccc3c(c2)CCCC3)c2cccs2)n1. The van der Waals surface area contributed by atoms with Crippen molar-refractivity contribution in [2.75, 3.05) is 0 Å². The third-order valence-corrected chi connectivity index (χ3v) is 6.43. The quantitative estimate of drug-likeness (QED) is 0.658. The van der Waals surface area contributed by atoms with E-state index in [9.17, 15) is 4.79 Å². The monoisotopic (exact) mass is 393 g/mol. The first-order valence-corrected chi connectivity index (χ1v) is 10.9. The van der Waals surface area contributed by atoms with Gasteiger partial charge in [-0.05, 0) is 73.7 Å². The van der Waals surface area contributed by atoms with Crippen LogP contribution in [0.5, 0.6) is 0 Å². The standard InChI is InChI=1S/C23H27N3OS/c1-16-14-17(2)26(25-16)12-11-22(27)24-23(21-8-5-13-28-21)20-10-9-18-6-3-4-7-19(18)15-20/h5,8-10,13-15,23H,3-4,6-7,11-12H2,1-2H3,(H,24,27). The van der Waals surface area contributed by atoms with E-state index in [0.717, 1.165) is 17.8 Å². The van der Waals surface area contributed by atoms with Crippen LogP contribution in [0.15, 0.2) is 41.8 Å². The number of hydrogen-bond donors (Lipinski definition) is 1. The Morgan fingerprint density at radius 3 is 2.71 bits per heavy atom. The van der Waals surface area contributed by atoms with Crippen molar-refractivity contribution in [1.29, 1.82) is 0 Å². The van der Waals surface area contributed by atoms with Crippen molar-refractivity contribution in [2.24, 2.45) is 0 Å². The zero-order valence-electron chi connectivity index (χ0n) is 16.6. The molecule has 0 saturated heterocycles. The Balaban J connectivity index is 1.50. The average Bonchev–Trinajstić information content (AvgIpc) is 3.33. The van der Waals surface area contributed by atoms with Gasteiger partial charge in [0.15, 0.2) is 0 Å². The highest BCUT2D eigenvalue weighted by atomic mass is 32.1. The number of fused-ring (bicyclic) bond motifs is 1. The van der Waals surface area contributed by atoms with Gasteiger partial charge >= 0.3 is 0 Å². The summed E-state index contributed by atoms with van der Waals surface area (Å²) >= 11 is 1.69. The number of thiophene rings is 1. The molecule has 0 saturated carbocycles. The van der Waals surface area contributed by atoms with Crippen LogP contribution in [-0.4, -0.2) is 15.7 Å². The van der Waals surface area contributed by atoms with E-state index < -0.39 is 0 Å². The summed E-state index contributed by atoms with van der Waals surface area (Å²) in [7, 11) is 0. The lowest BCUT2D eigenvalue weighted by Crippen LogP contribution is -2.30. The Bertz CT molecular complexity index is 958. The van der Waals surface area contributed by atoms with Crippen molar-refractivity contribution < 1.29 is 4.79 Å². The van der Waals surface area contributed by atoms with E-state index >= 15 is 0 Å². The second-order valence-electron chi connectivity index (χ2n) is 7.65.